The van der Waals surface area contributed by atoms with Crippen LogP contribution in [0.15, 0.2) is 30.3 Å². The zero-order valence-electron chi connectivity index (χ0n) is 23.1. The molecular weight excluding hydrogens is 493 g/mol. The molecule has 37 heavy (non-hydrogen) atoms. The maximum absolute atomic E-state index is 12.1. The second-order valence-corrected chi connectivity index (χ2v) is 9.29. The number of anilines is 1. The Labute approximate surface area is 264 Å². The van der Waals surface area contributed by atoms with Gasteiger partial charge in [0.2, 0.25) is 11.8 Å². The van der Waals surface area contributed by atoms with Gasteiger partial charge in [-0.3, -0.25) is 27.6 Å². The van der Waals surface area contributed by atoms with Crippen molar-refractivity contribution in [3.8, 4) is 5.75 Å². The van der Waals surface area contributed by atoms with Gasteiger partial charge in [0.1, 0.15) is 5.75 Å². The first-order valence-electron chi connectivity index (χ1n) is 12.2. The number of ether oxygens (including phenoxy) is 1. The summed E-state index contributed by atoms with van der Waals surface area (Å²) in [7, 11) is 5.52. The predicted molar refractivity (Wildman–Crippen MR) is 144 cm³/mol. The summed E-state index contributed by atoms with van der Waals surface area (Å²) in [6.45, 7) is 8.92. The van der Waals surface area contributed by atoms with E-state index in [1.165, 1.54) is 6.07 Å². The maximum Gasteiger partial charge on any atom is 1.00 e. The minimum atomic E-state index is -0.184. The third-order valence-electron chi connectivity index (χ3n) is 6.17. The van der Waals surface area contributed by atoms with Gasteiger partial charge < -0.3 is 31.5 Å². The average molecular weight is 532 g/mol. The van der Waals surface area contributed by atoms with Crippen LogP contribution in [0.25, 0.3) is 0 Å². The van der Waals surface area contributed by atoms with E-state index in [9.17, 15) is 14.4 Å². The molecule has 7 nitrogen and oxygen atoms in total. The monoisotopic (exact) mass is 531 g/mol. The van der Waals surface area contributed by atoms with Gasteiger partial charge in [0.05, 0.1) is 7.11 Å². The molecule has 2 N–H and O–H groups in total. The van der Waals surface area contributed by atoms with Crippen LogP contribution in [0.4, 0.5) is 5.69 Å². The number of carbonyl (C=O) groups excluding carboxylic acids is 3. The summed E-state index contributed by atoms with van der Waals surface area (Å²) < 4.78 is 5.26. The summed E-state index contributed by atoms with van der Waals surface area (Å²) in [6.07, 6.45) is 8.10. The van der Waals surface area contributed by atoms with E-state index in [0.29, 0.717) is 23.2 Å². The zero-order chi connectivity index (χ0) is 26.7. The van der Waals surface area contributed by atoms with Gasteiger partial charge >= 0.3 is 51.4 Å². The SMILES string of the molecule is COc1cc(NC(=O)C2CC[CH-]CC2)ccc1C.[CH2-]c1c(C)cc(C(=O)NCCN(C)C)cc1[C-]=O.[K+]. The van der Waals surface area contributed by atoms with E-state index < -0.39 is 0 Å². The first kappa shape index (κ1) is 33.3. The number of likely N-dealkylation sites (N-methyl/N-ethyl adjacent to an activating group) is 1. The van der Waals surface area contributed by atoms with Crippen molar-refractivity contribution in [1.82, 2.24) is 10.2 Å². The normalized spacial score (nSPS) is 13.0. The number of nitrogens with zero attached hydrogens (tertiary/aromatic N) is 1. The van der Waals surface area contributed by atoms with Crippen molar-refractivity contribution in [3.05, 3.63) is 71.5 Å². The molecule has 0 bridgehead atoms. The molecule has 0 aliphatic heterocycles. The predicted octanol–water partition coefficient (Wildman–Crippen LogP) is 1.27. The number of hydrogen-bond donors (Lipinski definition) is 2. The van der Waals surface area contributed by atoms with Crippen LogP contribution in [-0.2, 0) is 9.59 Å². The van der Waals surface area contributed by atoms with E-state index in [4.69, 9.17) is 4.74 Å². The number of rotatable bonds is 8. The zero-order valence-corrected chi connectivity index (χ0v) is 26.2. The van der Waals surface area contributed by atoms with E-state index >= 15 is 0 Å². The number of aryl methyl sites for hydroxylation is 2. The first-order valence-corrected chi connectivity index (χ1v) is 12.2. The van der Waals surface area contributed by atoms with Crippen molar-refractivity contribution >= 4 is 23.8 Å². The fraction of sp³-hybridized carbons (Fsp3) is 0.414. The molecule has 0 spiro atoms. The Balaban J connectivity index is 0.000000360. The Bertz CT molecular complexity index is 1050. The molecule has 0 saturated heterocycles. The van der Waals surface area contributed by atoms with Crippen molar-refractivity contribution in [2.75, 3.05) is 39.6 Å². The molecule has 1 saturated carbocycles. The third-order valence-corrected chi connectivity index (χ3v) is 6.17. The van der Waals surface area contributed by atoms with Crippen molar-refractivity contribution in [3.63, 3.8) is 0 Å². The largest absolute Gasteiger partial charge is 1.00 e. The van der Waals surface area contributed by atoms with Gasteiger partial charge in [-0.2, -0.15) is 12.8 Å². The molecule has 0 aromatic heterocycles. The van der Waals surface area contributed by atoms with E-state index in [1.54, 1.807) is 19.5 Å². The van der Waals surface area contributed by atoms with Crippen LogP contribution < -0.4 is 66.8 Å². The standard InChI is InChI=1S/C15H20NO2.C14H18N2O2.K/c1-11-8-9-13(10-14(11)18-2)16-15(17)12-6-4-3-5-7-12;1-10-7-12(8-13(9-17)11(10)2)14(18)15-5-6-16(3)4;/h3,8-10,12H,4-7H2,1-2H3,(H,16,17);7-8H,2,5-6H2,1,3-4H3,(H,15,18);/q-1;-2;+1. The maximum atomic E-state index is 12.1. The van der Waals surface area contributed by atoms with Crippen LogP contribution in [-0.4, -0.2) is 57.3 Å². The summed E-state index contributed by atoms with van der Waals surface area (Å²) in [5.74, 6) is 0.914. The Kier molecular flexibility index (Phi) is 15.3. The van der Waals surface area contributed by atoms with Gasteiger partial charge in [0.15, 0.2) is 0 Å². The number of nitrogens with one attached hydrogen (secondary N) is 2. The number of benzene rings is 2. The molecule has 3 rings (SSSR count). The van der Waals surface area contributed by atoms with Crippen molar-refractivity contribution in [2.45, 2.75) is 39.5 Å². The fourth-order valence-electron chi connectivity index (χ4n) is 3.87. The van der Waals surface area contributed by atoms with E-state index in [1.807, 2.05) is 51.0 Å². The number of carbonyl (C=O) groups is 2. The molecule has 0 unspecified atom stereocenters. The molecule has 8 heteroatoms. The Hall–Kier alpha value is -1.68. The quantitative estimate of drug-likeness (QED) is 0.396. The molecule has 1 fully saturated rings. The van der Waals surface area contributed by atoms with Crippen LogP contribution in [0, 0.1) is 33.1 Å². The average Bonchev–Trinajstić information content (AvgIpc) is 2.87. The molecule has 0 radical (unpaired) electrons. The molecule has 2 aromatic rings. The molecular formula is C29H38KN3O4-2. The molecule has 0 heterocycles. The number of hydrogen-bond acceptors (Lipinski definition) is 5. The van der Waals surface area contributed by atoms with Gasteiger partial charge in [-0.15, -0.1) is 6.07 Å². The van der Waals surface area contributed by atoms with Crippen molar-refractivity contribution < 1.29 is 70.5 Å². The van der Waals surface area contributed by atoms with Crippen LogP contribution in [0.1, 0.15) is 58.3 Å². The fourth-order valence-corrected chi connectivity index (χ4v) is 3.87. The Morgan fingerprint density at radius 1 is 1.14 bits per heavy atom. The summed E-state index contributed by atoms with van der Waals surface area (Å²) in [5, 5.41) is 5.78. The minimum Gasteiger partial charge on any atom is -0.496 e. The first-order chi connectivity index (χ1) is 17.2. The van der Waals surface area contributed by atoms with Gasteiger partial charge in [-0.25, -0.2) is 11.6 Å². The Morgan fingerprint density at radius 2 is 1.81 bits per heavy atom. The number of methoxy groups -OCH3 is 1. The summed E-state index contributed by atoms with van der Waals surface area (Å²) in [4.78, 5) is 36.7. The number of amides is 2. The smallest absolute Gasteiger partial charge is 0.496 e. The molecule has 1 aliphatic rings. The second-order valence-electron chi connectivity index (χ2n) is 9.29. The molecule has 0 atom stereocenters. The van der Waals surface area contributed by atoms with Gasteiger partial charge in [0, 0.05) is 30.8 Å². The second kappa shape index (κ2) is 17.0. The van der Waals surface area contributed by atoms with Gasteiger partial charge in [-0.1, -0.05) is 25.8 Å². The van der Waals surface area contributed by atoms with E-state index in [-0.39, 0.29) is 69.1 Å². The van der Waals surface area contributed by atoms with Crippen LogP contribution in [0.2, 0.25) is 0 Å². The van der Waals surface area contributed by atoms with Crippen LogP contribution in [0.5, 0.6) is 5.75 Å². The topological polar surface area (TPSA) is 87.7 Å². The Morgan fingerprint density at radius 3 is 2.41 bits per heavy atom. The van der Waals surface area contributed by atoms with Gasteiger partial charge in [0.25, 0.3) is 0 Å². The molecule has 2 amide bonds. The van der Waals surface area contributed by atoms with Crippen molar-refractivity contribution in [1.29, 1.82) is 0 Å². The van der Waals surface area contributed by atoms with Crippen LogP contribution in [0.3, 0.4) is 0 Å². The molecule has 1 aliphatic carbocycles. The summed E-state index contributed by atoms with van der Waals surface area (Å²) in [5.41, 5.74) is 4.13. The van der Waals surface area contributed by atoms with Gasteiger partial charge in [-0.05, 0) is 44.5 Å². The van der Waals surface area contributed by atoms with Crippen molar-refractivity contribution in [2.24, 2.45) is 5.92 Å². The molecule has 2 aromatic carbocycles. The van der Waals surface area contributed by atoms with Crippen LogP contribution >= 0.6 is 0 Å². The minimum absolute atomic E-state index is 0. The van der Waals surface area contributed by atoms with E-state index in [2.05, 4.69) is 24.0 Å². The molecule has 196 valence electrons. The third kappa shape index (κ3) is 10.9. The van der Waals surface area contributed by atoms with E-state index in [0.717, 1.165) is 54.8 Å². The summed E-state index contributed by atoms with van der Waals surface area (Å²) >= 11 is 0. The summed E-state index contributed by atoms with van der Waals surface area (Å²) in [6, 6.07) is 9.01.